The molecule has 0 saturated heterocycles. The largest absolute Gasteiger partial charge is 0.497 e. The zero-order valence-corrected chi connectivity index (χ0v) is 20.8. The highest BCUT2D eigenvalue weighted by Gasteiger charge is 2.32. The van der Waals surface area contributed by atoms with Crippen molar-refractivity contribution >= 4 is 29.1 Å². The highest BCUT2D eigenvalue weighted by Crippen LogP contribution is 2.29. The summed E-state index contributed by atoms with van der Waals surface area (Å²) in [6.07, 6.45) is 3.68. The van der Waals surface area contributed by atoms with E-state index in [9.17, 15) is 14.0 Å². The van der Waals surface area contributed by atoms with Crippen molar-refractivity contribution in [2.45, 2.75) is 44.3 Å². The molecule has 1 fully saturated rings. The number of ether oxygens (including phenoxy) is 1. The van der Waals surface area contributed by atoms with Crippen LogP contribution in [0.5, 0.6) is 5.75 Å². The van der Waals surface area contributed by atoms with Crippen LogP contribution in [0.1, 0.15) is 52.0 Å². The zero-order valence-electron chi connectivity index (χ0n) is 20.0. The molecule has 0 radical (unpaired) electrons. The fourth-order valence-corrected chi connectivity index (χ4v) is 4.71. The number of rotatable bonds is 7. The highest BCUT2D eigenvalue weighted by atomic mass is 35.5. The van der Waals surface area contributed by atoms with Crippen molar-refractivity contribution in [2.75, 3.05) is 12.4 Å². The maximum atomic E-state index is 13.7. The van der Waals surface area contributed by atoms with E-state index in [2.05, 4.69) is 5.32 Å². The molecule has 2 unspecified atom stereocenters. The molecule has 3 aromatic carbocycles. The fourth-order valence-electron chi connectivity index (χ4n) is 4.53. The number of carbonyl (C=O) groups is 2. The van der Waals surface area contributed by atoms with Crippen LogP contribution in [0.3, 0.4) is 0 Å². The van der Waals surface area contributed by atoms with Crippen LogP contribution in [-0.4, -0.2) is 35.9 Å². The molecule has 0 aliphatic heterocycles. The molecule has 1 saturated carbocycles. The Hall–Kier alpha value is -3.42. The second kappa shape index (κ2) is 11.5. The van der Waals surface area contributed by atoms with Crippen molar-refractivity contribution in [1.82, 2.24) is 4.90 Å². The molecular formula is C28H29ClFN3O3. The monoisotopic (exact) mass is 509 g/mol. The smallest absolute Gasteiger partial charge is 0.255 e. The molecule has 1 aliphatic rings. The lowest BCUT2D eigenvalue weighted by molar-refractivity contribution is 0.0583. The number of nitrogens with one attached hydrogen (secondary N) is 1. The third-order valence-corrected chi connectivity index (χ3v) is 6.90. The number of nitrogens with zero attached hydrogens (tertiary/aromatic N) is 1. The zero-order chi connectivity index (χ0) is 25.7. The first kappa shape index (κ1) is 25.7. The van der Waals surface area contributed by atoms with Gasteiger partial charge in [0.25, 0.3) is 11.8 Å². The van der Waals surface area contributed by atoms with Gasteiger partial charge < -0.3 is 20.7 Å². The molecule has 0 heterocycles. The summed E-state index contributed by atoms with van der Waals surface area (Å²) in [6.45, 7) is 0.238. The van der Waals surface area contributed by atoms with Gasteiger partial charge in [-0.1, -0.05) is 24.4 Å². The van der Waals surface area contributed by atoms with Gasteiger partial charge in [0.15, 0.2) is 0 Å². The summed E-state index contributed by atoms with van der Waals surface area (Å²) in [5.41, 5.74) is 8.55. The predicted molar refractivity (Wildman–Crippen MR) is 139 cm³/mol. The Kier molecular flexibility index (Phi) is 8.23. The number of halogens is 2. The van der Waals surface area contributed by atoms with Crippen LogP contribution < -0.4 is 15.8 Å². The SMILES string of the molecule is COc1ccc(C(=O)N(Cc2cc(NC(=O)c3ccc(F)cc3)ccc2Cl)C2CCCCC2N)cc1. The van der Waals surface area contributed by atoms with Gasteiger partial charge >= 0.3 is 0 Å². The van der Waals surface area contributed by atoms with Crippen LogP contribution >= 0.6 is 11.6 Å². The van der Waals surface area contributed by atoms with Crippen LogP contribution in [0.25, 0.3) is 0 Å². The standard InChI is InChI=1S/C28H29ClFN3O3/c1-36-23-13-8-19(9-14-23)28(35)33(26-5-3-2-4-25(26)31)17-20-16-22(12-15-24(20)29)32-27(34)18-6-10-21(30)11-7-18/h6-16,25-26H,2-5,17,31H2,1H3,(H,32,34). The van der Waals surface area contributed by atoms with E-state index in [-0.39, 0.29) is 30.4 Å². The van der Waals surface area contributed by atoms with Gasteiger partial charge in [0.2, 0.25) is 0 Å². The molecule has 3 aromatic rings. The van der Waals surface area contributed by atoms with Gasteiger partial charge in [0.05, 0.1) is 7.11 Å². The van der Waals surface area contributed by atoms with Crippen LogP contribution in [0.2, 0.25) is 5.02 Å². The van der Waals surface area contributed by atoms with E-state index in [0.29, 0.717) is 33.1 Å². The molecule has 1 aliphatic carbocycles. The Morgan fingerprint density at radius 2 is 1.69 bits per heavy atom. The van der Waals surface area contributed by atoms with E-state index >= 15 is 0 Å². The molecule has 0 spiro atoms. The second-order valence-corrected chi connectivity index (χ2v) is 9.35. The lowest BCUT2D eigenvalue weighted by Gasteiger charge is -2.38. The summed E-state index contributed by atoms with van der Waals surface area (Å²) < 4.78 is 18.4. The first-order valence-corrected chi connectivity index (χ1v) is 12.3. The topological polar surface area (TPSA) is 84.7 Å². The summed E-state index contributed by atoms with van der Waals surface area (Å²) in [5, 5.41) is 3.30. The molecule has 4 rings (SSSR count). The molecule has 36 heavy (non-hydrogen) atoms. The summed E-state index contributed by atoms with van der Waals surface area (Å²) in [6, 6.07) is 17.2. The maximum Gasteiger partial charge on any atom is 0.255 e. The van der Waals surface area contributed by atoms with Gasteiger partial charge in [-0.15, -0.1) is 0 Å². The van der Waals surface area contributed by atoms with Gasteiger partial charge in [-0.05, 0) is 85.1 Å². The van der Waals surface area contributed by atoms with Gasteiger partial charge in [-0.2, -0.15) is 0 Å². The third-order valence-electron chi connectivity index (χ3n) is 6.53. The summed E-state index contributed by atoms with van der Waals surface area (Å²) in [5.74, 6) is -0.261. The first-order valence-electron chi connectivity index (χ1n) is 11.9. The quantitative estimate of drug-likeness (QED) is 0.431. The number of carbonyl (C=O) groups excluding carboxylic acids is 2. The molecule has 2 amide bonds. The Morgan fingerprint density at radius 1 is 1.03 bits per heavy atom. The van der Waals surface area contributed by atoms with Gasteiger partial charge in [0, 0.05) is 40.5 Å². The first-order chi connectivity index (χ1) is 17.4. The van der Waals surface area contributed by atoms with Crippen molar-refractivity contribution in [3.05, 3.63) is 94.3 Å². The molecule has 2 atom stereocenters. The molecule has 188 valence electrons. The van der Waals surface area contributed by atoms with E-state index in [1.54, 1.807) is 54.5 Å². The third kappa shape index (κ3) is 6.04. The van der Waals surface area contributed by atoms with E-state index < -0.39 is 5.82 Å². The molecule has 8 heteroatoms. The Bertz CT molecular complexity index is 1220. The van der Waals surface area contributed by atoms with Crippen molar-refractivity contribution in [3.8, 4) is 5.75 Å². The summed E-state index contributed by atoms with van der Waals surface area (Å²) in [4.78, 5) is 28.1. The summed E-state index contributed by atoms with van der Waals surface area (Å²) in [7, 11) is 1.58. The number of methoxy groups -OCH3 is 1. The molecular weight excluding hydrogens is 481 g/mol. The number of hydrogen-bond donors (Lipinski definition) is 2. The summed E-state index contributed by atoms with van der Waals surface area (Å²) >= 11 is 6.54. The Labute approximate surface area is 215 Å². The highest BCUT2D eigenvalue weighted by molar-refractivity contribution is 6.31. The number of nitrogens with two attached hydrogens (primary N) is 1. The lowest BCUT2D eigenvalue weighted by atomic mass is 9.89. The fraction of sp³-hybridized carbons (Fsp3) is 0.286. The number of amides is 2. The molecule has 0 aromatic heterocycles. The van der Waals surface area contributed by atoms with E-state index in [0.717, 1.165) is 25.7 Å². The van der Waals surface area contributed by atoms with Crippen molar-refractivity contribution < 1.29 is 18.7 Å². The van der Waals surface area contributed by atoms with Crippen LogP contribution in [0, 0.1) is 5.82 Å². The van der Waals surface area contributed by atoms with Crippen LogP contribution in [0.4, 0.5) is 10.1 Å². The Balaban J connectivity index is 1.60. The van der Waals surface area contributed by atoms with Crippen molar-refractivity contribution in [3.63, 3.8) is 0 Å². The van der Waals surface area contributed by atoms with Gasteiger partial charge in [0.1, 0.15) is 11.6 Å². The minimum atomic E-state index is -0.414. The predicted octanol–water partition coefficient (Wildman–Crippen LogP) is 5.65. The maximum absolute atomic E-state index is 13.7. The normalized spacial score (nSPS) is 17.3. The van der Waals surface area contributed by atoms with Crippen LogP contribution in [0.15, 0.2) is 66.7 Å². The van der Waals surface area contributed by atoms with Gasteiger partial charge in [-0.3, -0.25) is 9.59 Å². The molecule has 3 N–H and O–H groups in total. The van der Waals surface area contributed by atoms with Crippen molar-refractivity contribution in [2.24, 2.45) is 5.73 Å². The lowest BCUT2D eigenvalue weighted by Crippen LogP contribution is -2.51. The van der Waals surface area contributed by atoms with E-state index in [1.165, 1.54) is 24.3 Å². The minimum absolute atomic E-state index is 0.137. The van der Waals surface area contributed by atoms with E-state index in [1.807, 2.05) is 0 Å². The molecule has 6 nitrogen and oxygen atoms in total. The number of anilines is 1. The second-order valence-electron chi connectivity index (χ2n) is 8.94. The van der Waals surface area contributed by atoms with Gasteiger partial charge in [-0.25, -0.2) is 4.39 Å². The number of benzene rings is 3. The van der Waals surface area contributed by atoms with Crippen LogP contribution in [-0.2, 0) is 6.54 Å². The molecule has 0 bridgehead atoms. The minimum Gasteiger partial charge on any atom is -0.497 e. The Morgan fingerprint density at radius 3 is 2.36 bits per heavy atom. The average molecular weight is 510 g/mol. The van der Waals surface area contributed by atoms with Crippen molar-refractivity contribution in [1.29, 1.82) is 0 Å². The number of hydrogen-bond acceptors (Lipinski definition) is 4. The average Bonchev–Trinajstić information content (AvgIpc) is 2.89. The van der Waals surface area contributed by atoms with E-state index in [4.69, 9.17) is 22.1 Å².